The van der Waals surface area contributed by atoms with Gasteiger partial charge >= 0.3 is 16.2 Å². The van der Waals surface area contributed by atoms with Gasteiger partial charge in [0.1, 0.15) is 0 Å². The van der Waals surface area contributed by atoms with Crippen molar-refractivity contribution < 1.29 is 17.7 Å². The highest BCUT2D eigenvalue weighted by Crippen LogP contribution is 2.39. The van der Waals surface area contributed by atoms with Gasteiger partial charge in [-0.3, -0.25) is 10.00 Å². The van der Waals surface area contributed by atoms with E-state index < -0.39 is 26.8 Å². The van der Waals surface area contributed by atoms with Crippen molar-refractivity contribution in [2.45, 2.75) is 76.3 Å². The largest absolute Gasteiger partial charge is 0.608 e. The number of nitrogens with zero attached hydrogens (tertiary/aromatic N) is 4. The van der Waals surface area contributed by atoms with Crippen LogP contribution in [-0.4, -0.2) is 55.3 Å². The Morgan fingerprint density at radius 1 is 1.08 bits per heavy atom. The number of anilines is 2. The molecule has 2 aromatic rings. The summed E-state index contributed by atoms with van der Waals surface area (Å²) in [6.45, 7) is 1.44. The number of rotatable bonds is 6. The van der Waals surface area contributed by atoms with Gasteiger partial charge in [-0.05, 0) is 107 Å². The van der Waals surface area contributed by atoms with Gasteiger partial charge in [0, 0.05) is 6.20 Å². The van der Waals surface area contributed by atoms with E-state index in [9.17, 15) is 18.4 Å². The summed E-state index contributed by atoms with van der Waals surface area (Å²) in [5, 5.41) is 20.5. The van der Waals surface area contributed by atoms with Crippen LogP contribution in [0.4, 0.5) is 16.2 Å². The van der Waals surface area contributed by atoms with Crippen LogP contribution in [0.25, 0.3) is 0 Å². The molecule has 10 nitrogen and oxygen atoms in total. The predicted octanol–water partition coefficient (Wildman–Crippen LogP) is 1.96. The molecular formula is C25H34N6O4S. The number of urea groups is 1. The first-order valence-corrected chi connectivity index (χ1v) is 14.6. The van der Waals surface area contributed by atoms with E-state index in [1.807, 2.05) is 7.05 Å². The summed E-state index contributed by atoms with van der Waals surface area (Å²) in [4.78, 5) is 15.4. The first kappa shape index (κ1) is 23.9. The lowest BCUT2D eigenvalue weighted by molar-refractivity contribution is -0.604. The number of benzene rings is 1. The number of aryl methyl sites for hydroxylation is 2. The smallest absolute Gasteiger partial charge is 0.436 e. The highest BCUT2D eigenvalue weighted by Gasteiger charge is 2.41. The van der Waals surface area contributed by atoms with Crippen LogP contribution in [-0.2, 0) is 35.9 Å². The fraction of sp³-hybridized carbons (Fsp3) is 0.600. The maximum Gasteiger partial charge on any atom is 0.436 e. The normalized spacial score (nSPS) is 21.3. The van der Waals surface area contributed by atoms with Gasteiger partial charge in [0.15, 0.2) is 0 Å². The molecule has 0 bridgehead atoms. The first-order valence-electron chi connectivity index (χ1n) is 13.1. The maximum atomic E-state index is 13.8. The minimum Gasteiger partial charge on any atom is -0.608 e. The monoisotopic (exact) mass is 514 g/mol. The molecule has 2 amide bonds. The number of carbonyl (C=O) groups excluding carboxylic acids is 1. The van der Waals surface area contributed by atoms with Crippen molar-refractivity contribution in [3.05, 3.63) is 45.9 Å². The second-order valence-corrected chi connectivity index (χ2v) is 12.4. The Kier molecular flexibility index (Phi) is 6.06. The third-order valence-electron chi connectivity index (χ3n) is 8.17. The lowest BCUT2D eigenvalue weighted by Gasteiger charge is -2.37. The molecule has 0 spiro atoms. The SMILES string of the molecule is CN1CCC(N(c2cnn(C3CC3)c2)S(=O)(=O)[NH+]([O-])C(=O)Nc2c3c(cc4c2CCC4)CCC3)CC1. The Morgan fingerprint density at radius 2 is 1.72 bits per heavy atom. The Hall–Kier alpha value is -2.47. The Balaban J connectivity index is 1.30. The van der Waals surface area contributed by atoms with Crippen molar-refractivity contribution in [2.24, 2.45) is 0 Å². The molecule has 4 aliphatic rings. The van der Waals surface area contributed by atoms with Crippen molar-refractivity contribution >= 4 is 27.6 Å². The van der Waals surface area contributed by atoms with Crippen LogP contribution in [0, 0.1) is 5.21 Å². The van der Waals surface area contributed by atoms with E-state index in [1.165, 1.54) is 21.6 Å². The fourth-order valence-corrected chi connectivity index (χ4v) is 7.53. The number of aromatic nitrogens is 2. The van der Waals surface area contributed by atoms with Gasteiger partial charge in [0.05, 0.1) is 29.7 Å². The first-order chi connectivity index (χ1) is 17.3. The summed E-state index contributed by atoms with van der Waals surface area (Å²) in [7, 11) is -2.60. The summed E-state index contributed by atoms with van der Waals surface area (Å²) < 4.78 is 29.1. The molecule has 36 heavy (non-hydrogen) atoms. The molecule has 6 rings (SSSR count). The second kappa shape index (κ2) is 9.13. The topological polar surface area (TPSA) is 115 Å². The number of fused-ring (bicyclic) bond motifs is 2. The van der Waals surface area contributed by atoms with E-state index in [4.69, 9.17) is 0 Å². The lowest BCUT2D eigenvalue weighted by Crippen LogP contribution is -3.14. The zero-order valence-electron chi connectivity index (χ0n) is 20.7. The van der Waals surface area contributed by atoms with Crippen LogP contribution in [0.3, 0.4) is 0 Å². The molecule has 1 aromatic heterocycles. The van der Waals surface area contributed by atoms with E-state index in [0.717, 1.165) is 75.6 Å². The third-order valence-corrected chi connectivity index (χ3v) is 9.85. The molecular weight excluding hydrogens is 480 g/mol. The number of hydroxylamine groups is 1. The molecule has 2 fully saturated rings. The van der Waals surface area contributed by atoms with Gasteiger partial charge in [-0.2, -0.15) is 18.0 Å². The van der Waals surface area contributed by atoms with Crippen LogP contribution in [0.5, 0.6) is 0 Å². The summed E-state index contributed by atoms with van der Waals surface area (Å²) in [5.74, 6) is 0. The number of nitrogens with one attached hydrogen (secondary N) is 2. The van der Waals surface area contributed by atoms with Crippen molar-refractivity contribution in [3.63, 3.8) is 0 Å². The summed E-state index contributed by atoms with van der Waals surface area (Å²) in [5.41, 5.74) is 5.58. The maximum absolute atomic E-state index is 13.8. The van der Waals surface area contributed by atoms with Crippen molar-refractivity contribution in [3.8, 4) is 0 Å². The highest BCUT2D eigenvalue weighted by molar-refractivity contribution is 7.86. The highest BCUT2D eigenvalue weighted by atomic mass is 32.2. The standard InChI is InChI=1S/C25H34N6O4S/c1-28-12-10-20(11-13-28)30(21-15-26-29(16-21)19-8-9-19)36(34,35)31(33)25(32)27-24-22-6-2-4-17(22)14-18-5-3-7-23(18)24/h14-16,19-20,31H,2-13H2,1H3,(H,27,32). The molecule has 2 heterocycles. The molecule has 1 saturated carbocycles. The quantitative estimate of drug-likeness (QED) is 0.570. The van der Waals surface area contributed by atoms with Gasteiger partial charge < -0.3 is 10.1 Å². The molecule has 0 radical (unpaired) electrons. The number of carbonyl (C=O) groups is 1. The zero-order valence-corrected chi connectivity index (χ0v) is 21.5. The van der Waals surface area contributed by atoms with E-state index in [1.54, 1.807) is 10.9 Å². The summed E-state index contributed by atoms with van der Waals surface area (Å²) >= 11 is 0. The van der Waals surface area contributed by atoms with E-state index in [0.29, 0.717) is 24.2 Å². The predicted molar refractivity (Wildman–Crippen MR) is 136 cm³/mol. The van der Waals surface area contributed by atoms with Gasteiger partial charge in [-0.1, -0.05) is 6.07 Å². The number of hydrogen-bond donors (Lipinski definition) is 2. The molecule has 194 valence electrons. The minimum atomic E-state index is -4.60. The van der Waals surface area contributed by atoms with Gasteiger partial charge in [-0.15, -0.1) is 0 Å². The zero-order chi connectivity index (χ0) is 25.0. The minimum absolute atomic E-state index is 0.280. The molecule has 1 unspecified atom stereocenters. The van der Waals surface area contributed by atoms with Gasteiger partial charge in [0.2, 0.25) is 0 Å². The van der Waals surface area contributed by atoms with E-state index in [2.05, 4.69) is 21.4 Å². The Bertz CT molecular complexity index is 1250. The third kappa shape index (κ3) is 4.21. The van der Waals surface area contributed by atoms with Crippen molar-refractivity contribution in [1.29, 1.82) is 0 Å². The number of hydrogen-bond acceptors (Lipinski definition) is 6. The Labute approximate surface area is 212 Å². The van der Waals surface area contributed by atoms with Crippen LogP contribution < -0.4 is 14.1 Å². The summed E-state index contributed by atoms with van der Waals surface area (Å²) in [6, 6.07) is 1.04. The van der Waals surface area contributed by atoms with Crippen molar-refractivity contribution in [1.82, 2.24) is 14.7 Å². The molecule has 3 aliphatic carbocycles. The number of likely N-dealkylation sites (tertiary alicyclic amines) is 1. The molecule has 1 aromatic carbocycles. The van der Waals surface area contributed by atoms with E-state index in [-0.39, 0.29) is 6.04 Å². The molecule has 11 heteroatoms. The molecule has 2 N–H and O–H groups in total. The average Bonchev–Trinajstić information content (AvgIpc) is 3.23. The number of amides is 2. The second-order valence-electron chi connectivity index (χ2n) is 10.7. The fourth-order valence-electron chi connectivity index (χ4n) is 6.09. The van der Waals surface area contributed by atoms with Gasteiger partial charge in [-0.25, -0.2) is 9.10 Å². The summed E-state index contributed by atoms with van der Waals surface area (Å²) in [6.07, 6.45) is 12.0. The Morgan fingerprint density at radius 3 is 2.33 bits per heavy atom. The van der Waals surface area contributed by atoms with Crippen LogP contribution in [0.1, 0.15) is 66.8 Å². The van der Waals surface area contributed by atoms with Crippen LogP contribution in [0.2, 0.25) is 0 Å². The molecule has 1 aliphatic heterocycles. The van der Waals surface area contributed by atoms with Gasteiger partial charge in [0.25, 0.3) is 0 Å². The van der Waals surface area contributed by atoms with Crippen molar-refractivity contribution in [2.75, 3.05) is 29.8 Å². The van der Waals surface area contributed by atoms with E-state index >= 15 is 0 Å². The average molecular weight is 515 g/mol. The number of piperidine rings is 1. The molecule has 1 atom stereocenters. The number of quaternary nitrogens is 1. The lowest BCUT2D eigenvalue weighted by atomic mass is 9.99. The van der Waals surface area contributed by atoms with Crippen LogP contribution in [0.15, 0.2) is 18.5 Å². The van der Waals surface area contributed by atoms with Crippen LogP contribution >= 0.6 is 0 Å². The molecule has 1 saturated heterocycles.